The highest BCUT2D eigenvalue weighted by Gasteiger charge is 2.15. The molecular weight excluding hydrogens is 396 g/mol. The van der Waals surface area contributed by atoms with Crippen LogP contribution in [0.3, 0.4) is 0 Å². The first-order valence-corrected chi connectivity index (χ1v) is 7.82. The zero-order chi connectivity index (χ0) is 18.2. The minimum Gasteiger partial charge on any atom is -0.459 e. The Labute approximate surface area is 150 Å². The fourth-order valence-corrected chi connectivity index (χ4v) is 1.95. The van der Waals surface area contributed by atoms with Gasteiger partial charge in [0.25, 0.3) is 17.7 Å². The van der Waals surface area contributed by atoms with Crippen LogP contribution in [-0.4, -0.2) is 36.8 Å². The van der Waals surface area contributed by atoms with Gasteiger partial charge in [-0.05, 0) is 36.4 Å². The molecule has 9 heteroatoms. The summed E-state index contributed by atoms with van der Waals surface area (Å²) in [5.41, 5.74) is 0.373. The largest absolute Gasteiger partial charge is 0.459 e. The highest BCUT2D eigenvalue weighted by Crippen LogP contribution is 2.10. The van der Waals surface area contributed by atoms with Crippen molar-refractivity contribution in [2.45, 2.75) is 0 Å². The first kappa shape index (κ1) is 18.4. The molecule has 25 heavy (non-hydrogen) atoms. The van der Waals surface area contributed by atoms with Crippen LogP contribution >= 0.6 is 15.9 Å². The SMILES string of the molecule is O=C(COC(=O)CNC(=O)c1ccc(Br)cc1)NC(=O)c1ccco1. The van der Waals surface area contributed by atoms with E-state index in [0.717, 1.165) is 4.47 Å². The average molecular weight is 409 g/mol. The van der Waals surface area contributed by atoms with E-state index in [2.05, 4.69) is 26.0 Å². The van der Waals surface area contributed by atoms with E-state index < -0.39 is 36.8 Å². The number of hydrogen-bond acceptors (Lipinski definition) is 6. The molecule has 2 aromatic rings. The number of halogens is 1. The summed E-state index contributed by atoms with van der Waals surface area (Å²) in [7, 11) is 0. The topological polar surface area (TPSA) is 115 Å². The number of amides is 3. The lowest BCUT2D eigenvalue weighted by Crippen LogP contribution is -2.36. The first-order valence-electron chi connectivity index (χ1n) is 7.03. The highest BCUT2D eigenvalue weighted by atomic mass is 79.9. The molecule has 0 fully saturated rings. The van der Waals surface area contributed by atoms with Gasteiger partial charge in [0.2, 0.25) is 0 Å². The summed E-state index contributed by atoms with van der Waals surface area (Å²) in [6.07, 6.45) is 1.29. The Balaban J connectivity index is 1.69. The summed E-state index contributed by atoms with van der Waals surface area (Å²) in [4.78, 5) is 46.4. The molecule has 1 heterocycles. The number of carbonyl (C=O) groups excluding carboxylic acids is 4. The minimum atomic E-state index is -0.814. The molecule has 0 atom stereocenters. The van der Waals surface area contributed by atoms with Crippen molar-refractivity contribution in [1.82, 2.24) is 10.6 Å². The summed E-state index contributed by atoms with van der Waals surface area (Å²) in [5, 5.41) is 4.36. The molecule has 0 saturated carbocycles. The molecule has 0 unspecified atom stereocenters. The van der Waals surface area contributed by atoms with Gasteiger partial charge in [-0.25, -0.2) is 0 Å². The second-order valence-electron chi connectivity index (χ2n) is 4.70. The van der Waals surface area contributed by atoms with E-state index in [-0.39, 0.29) is 5.76 Å². The first-order chi connectivity index (χ1) is 12.0. The molecule has 8 nitrogen and oxygen atoms in total. The van der Waals surface area contributed by atoms with E-state index in [1.807, 2.05) is 5.32 Å². The number of rotatable bonds is 6. The molecule has 0 saturated heterocycles. The van der Waals surface area contributed by atoms with Gasteiger partial charge in [0, 0.05) is 10.0 Å². The molecule has 1 aromatic heterocycles. The maximum atomic E-state index is 11.8. The third kappa shape index (κ3) is 5.88. The van der Waals surface area contributed by atoms with Crippen molar-refractivity contribution in [3.63, 3.8) is 0 Å². The fraction of sp³-hybridized carbons (Fsp3) is 0.125. The average Bonchev–Trinajstić information content (AvgIpc) is 3.13. The predicted octanol–water partition coefficient (Wildman–Crippen LogP) is 1.27. The number of esters is 1. The molecule has 0 spiro atoms. The van der Waals surface area contributed by atoms with Crippen LogP contribution in [0, 0.1) is 0 Å². The monoisotopic (exact) mass is 408 g/mol. The number of furan rings is 1. The van der Waals surface area contributed by atoms with Crippen LogP contribution in [0.4, 0.5) is 0 Å². The summed E-state index contributed by atoms with van der Waals surface area (Å²) in [6.45, 7) is -1.06. The van der Waals surface area contributed by atoms with Crippen LogP contribution in [0.15, 0.2) is 51.6 Å². The Morgan fingerprint density at radius 1 is 1.04 bits per heavy atom. The van der Waals surface area contributed by atoms with Gasteiger partial charge < -0.3 is 14.5 Å². The van der Waals surface area contributed by atoms with Gasteiger partial charge in [0.05, 0.1) is 6.26 Å². The van der Waals surface area contributed by atoms with Crippen molar-refractivity contribution < 1.29 is 28.3 Å². The van der Waals surface area contributed by atoms with Crippen LogP contribution in [0.2, 0.25) is 0 Å². The van der Waals surface area contributed by atoms with Gasteiger partial charge in [-0.15, -0.1) is 0 Å². The fourth-order valence-electron chi connectivity index (χ4n) is 1.68. The molecular formula is C16H13BrN2O6. The van der Waals surface area contributed by atoms with Gasteiger partial charge in [-0.3, -0.25) is 24.5 Å². The lowest BCUT2D eigenvalue weighted by Gasteiger charge is -2.06. The Hall–Kier alpha value is -2.94. The molecule has 3 amide bonds. The molecule has 0 bridgehead atoms. The van der Waals surface area contributed by atoms with Gasteiger partial charge in [-0.2, -0.15) is 0 Å². The van der Waals surface area contributed by atoms with Crippen LogP contribution in [0.1, 0.15) is 20.9 Å². The molecule has 0 aliphatic heterocycles. The maximum Gasteiger partial charge on any atom is 0.325 e. The van der Waals surface area contributed by atoms with Crippen molar-refractivity contribution in [3.05, 3.63) is 58.5 Å². The second-order valence-corrected chi connectivity index (χ2v) is 5.62. The Bertz CT molecular complexity index is 770. The van der Waals surface area contributed by atoms with Crippen LogP contribution in [0.5, 0.6) is 0 Å². The normalized spacial score (nSPS) is 9.96. The van der Waals surface area contributed by atoms with Crippen molar-refractivity contribution in [2.24, 2.45) is 0 Å². The molecule has 1 aromatic carbocycles. The number of carbonyl (C=O) groups is 4. The van der Waals surface area contributed by atoms with E-state index in [9.17, 15) is 19.2 Å². The predicted molar refractivity (Wildman–Crippen MR) is 88.6 cm³/mol. The third-order valence-electron chi connectivity index (χ3n) is 2.86. The summed E-state index contributed by atoms with van der Waals surface area (Å²) in [5.74, 6) is -2.86. The smallest absolute Gasteiger partial charge is 0.325 e. The molecule has 2 N–H and O–H groups in total. The quantitative estimate of drug-likeness (QED) is 0.695. The molecule has 0 radical (unpaired) electrons. The standard InChI is InChI=1S/C16H13BrN2O6/c17-11-5-3-10(4-6-11)15(22)18-8-14(21)25-9-13(20)19-16(23)12-2-1-7-24-12/h1-7H,8-9H2,(H,18,22)(H,19,20,23). The number of ether oxygens (including phenoxy) is 1. The van der Waals surface area contributed by atoms with Gasteiger partial charge in [0.15, 0.2) is 12.4 Å². The Morgan fingerprint density at radius 2 is 1.76 bits per heavy atom. The van der Waals surface area contributed by atoms with Gasteiger partial charge in [0.1, 0.15) is 6.54 Å². The van der Waals surface area contributed by atoms with Crippen molar-refractivity contribution >= 4 is 39.6 Å². The molecule has 2 rings (SSSR count). The lowest BCUT2D eigenvalue weighted by atomic mass is 10.2. The number of hydrogen-bond donors (Lipinski definition) is 2. The Morgan fingerprint density at radius 3 is 2.40 bits per heavy atom. The summed E-state index contributed by atoms with van der Waals surface area (Å²) >= 11 is 3.25. The van der Waals surface area contributed by atoms with E-state index in [1.165, 1.54) is 18.4 Å². The van der Waals surface area contributed by atoms with Crippen molar-refractivity contribution in [3.8, 4) is 0 Å². The summed E-state index contributed by atoms with van der Waals surface area (Å²) < 4.78 is 10.3. The molecule has 0 aliphatic rings. The van der Waals surface area contributed by atoms with Gasteiger partial charge >= 0.3 is 5.97 Å². The zero-order valence-corrected chi connectivity index (χ0v) is 14.4. The second kappa shape index (κ2) is 8.78. The van der Waals surface area contributed by atoms with E-state index in [4.69, 9.17) is 4.42 Å². The highest BCUT2D eigenvalue weighted by molar-refractivity contribution is 9.10. The third-order valence-corrected chi connectivity index (χ3v) is 3.39. The van der Waals surface area contributed by atoms with E-state index in [0.29, 0.717) is 5.56 Å². The Kier molecular flexibility index (Phi) is 6.47. The number of imide groups is 1. The maximum absolute atomic E-state index is 11.8. The van der Waals surface area contributed by atoms with Gasteiger partial charge in [-0.1, -0.05) is 15.9 Å². The van der Waals surface area contributed by atoms with Crippen LogP contribution < -0.4 is 10.6 Å². The lowest BCUT2D eigenvalue weighted by molar-refractivity contribution is -0.147. The minimum absolute atomic E-state index is 0.0403. The molecule has 130 valence electrons. The van der Waals surface area contributed by atoms with E-state index in [1.54, 1.807) is 24.3 Å². The summed E-state index contributed by atoms with van der Waals surface area (Å²) in [6, 6.07) is 9.41. The zero-order valence-electron chi connectivity index (χ0n) is 12.8. The van der Waals surface area contributed by atoms with Crippen molar-refractivity contribution in [1.29, 1.82) is 0 Å². The number of nitrogens with one attached hydrogen (secondary N) is 2. The van der Waals surface area contributed by atoms with Crippen LogP contribution in [-0.2, 0) is 14.3 Å². The van der Waals surface area contributed by atoms with E-state index >= 15 is 0 Å². The number of benzene rings is 1. The van der Waals surface area contributed by atoms with Crippen molar-refractivity contribution in [2.75, 3.05) is 13.2 Å². The molecule has 0 aliphatic carbocycles. The van der Waals surface area contributed by atoms with Crippen LogP contribution in [0.25, 0.3) is 0 Å².